The van der Waals surface area contributed by atoms with Crippen LogP contribution in [0.5, 0.6) is 0 Å². The molecule has 1 aromatic carbocycles. The molecule has 2 aromatic rings. The zero-order chi connectivity index (χ0) is 17.1. The Kier molecular flexibility index (Phi) is 5.10. The third kappa shape index (κ3) is 3.73. The number of carbonyl (C=O) groups excluding carboxylic acids is 2. The van der Waals surface area contributed by atoms with Crippen molar-refractivity contribution in [3.8, 4) is 11.3 Å². The number of halogens is 1. The van der Waals surface area contributed by atoms with Crippen LogP contribution < -0.4 is 5.56 Å². The molecular weight excluding hydrogens is 362 g/mol. The summed E-state index contributed by atoms with van der Waals surface area (Å²) < 4.78 is 1.86. The quantitative estimate of drug-likeness (QED) is 0.762. The fourth-order valence-electron chi connectivity index (χ4n) is 2.08. The van der Waals surface area contributed by atoms with Gasteiger partial charge in [-0.05, 0) is 25.1 Å². The summed E-state index contributed by atoms with van der Waals surface area (Å²) in [6, 6.07) is 8.98. The van der Waals surface area contributed by atoms with Crippen molar-refractivity contribution < 1.29 is 9.59 Å². The Balaban J connectivity index is 2.55. The van der Waals surface area contributed by atoms with Crippen LogP contribution in [0.3, 0.4) is 0 Å². The van der Waals surface area contributed by atoms with Gasteiger partial charge in [-0.3, -0.25) is 14.4 Å². The molecule has 7 heteroatoms. The van der Waals surface area contributed by atoms with Crippen LogP contribution in [-0.2, 0) is 9.59 Å². The molecule has 0 saturated heterocycles. The minimum Gasteiger partial charge on any atom is -0.347 e. The molecule has 23 heavy (non-hydrogen) atoms. The van der Waals surface area contributed by atoms with Crippen molar-refractivity contribution in [2.75, 3.05) is 14.1 Å². The Morgan fingerprint density at radius 3 is 2.26 bits per heavy atom. The lowest BCUT2D eigenvalue weighted by molar-refractivity contribution is -0.138. The number of amides is 1. The molecule has 0 spiro atoms. The molecule has 0 aliphatic rings. The van der Waals surface area contributed by atoms with Gasteiger partial charge in [-0.15, -0.1) is 0 Å². The van der Waals surface area contributed by atoms with E-state index in [9.17, 15) is 14.4 Å². The smallest absolute Gasteiger partial charge is 0.267 e. The minimum absolute atomic E-state index is 0.439. The van der Waals surface area contributed by atoms with Crippen molar-refractivity contribution in [2.24, 2.45) is 0 Å². The van der Waals surface area contributed by atoms with Gasteiger partial charge in [0.2, 0.25) is 0 Å². The van der Waals surface area contributed by atoms with Crippen molar-refractivity contribution in [1.29, 1.82) is 0 Å². The van der Waals surface area contributed by atoms with Gasteiger partial charge in [0.25, 0.3) is 11.5 Å². The van der Waals surface area contributed by atoms with E-state index in [1.807, 2.05) is 24.3 Å². The van der Waals surface area contributed by atoms with Crippen LogP contribution in [0.1, 0.15) is 13.0 Å². The van der Waals surface area contributed by atoms with Crippen LogP contribution in [0.2, 0.25) is 0 Å². The lowest BCUT2D eigenvalue weighted by atomic mass is 10.1. The fraction of sp³-hybridized carbons (Fsp3) is 0.250. The van der Waals surface area contributed by atoms with Crippen molar-refractivity contribution in [1.82, 2.24) is 14.7 Å². The third-order valence-electron chi connectivity index (χ3n) is 3.27. The topological polar surface area (TPSA) is 72.3 Å². The zero-order valence-electron chi connectivity index (χ0n) is 13.0. The van der Waals surface area contributed by atoms with Crippen LogP contribution >= 0.6 is 15.9 Å². The van der Waals surface area contributed by atoms with Crippen LogP contribution in [-0.4, -0.2) is 40.5 Å². The van der Waals surface area contributed by atoms with E-state index < -0.39 is 23.3 Å². The largest absolute Gasteiger partial charge is 0.347 e. The number of aromatic nitrogens is 2. The normalized spacial score (nSPS) is 11.8. The minimum atomic E-state index is -1.26. The van der Waals surface area contributed by atoms with Crippen molar-refractivity contribution in [3.63, 3.8) is 0 Å². The van der Waals surface area contributed by atoms with E-state index in [2.05, 4.69) is 21.0 Å². The molecular formula is C16H16BrN3O3. The Morgan fingerprint density at radius 2 is 1.74 bits per heavy atom. The predicted octanol–water partition coefficient (Wildman–Crippen LogP) is 1.89. The number of ketones is 1. The van der Waals surface area contributed by atoms with Crippen LogP contribution in [0.4, 0.5) is 0 Å². The maximum atomic E-state index is 12.2. The Hall–Kier alpha value is -2.28. The molecule has 0 radical (unpaired) electrons. The molecule has 0 aliphatic carbocycles. The van der Waals surface area contributed by atoms with Gasteiger partial charge in [-0.1, -0.05) is 28.1 Å². The second kappa shape index (κ2) is 6.87. The van der Waals surface area contributed by atoms with E-state index in [-0.39, 0.29) is 0 Å². The maximum absolute atomic E-state index is 12.2. The summed E-state index contributed by atoms with van der Waals surface area (Å²) in [6.07, 6.45) is 0. The van der Waals surface area contributed by atoms with Crippen molar-refractivity contribution in [3.05, 3.63) is 51.2 Å². The molecule has 0 N–H and O–H groups in total. The summed E-state index contributed by atoms with van der Waals surface area (Å²) in [6.45, 7) is 1.27. The maximum Gasteiger partial charge on any atom is 0.267 e. The van der Waals surface area contributed by atoms with Gasteiger partial charge in [0.05, 0.1) is 5.69 Å². The zero-order valence-corrected chi connectivity index (χ0v) is 14.6. The second-order valence-electron chi connectivity index (χ2n) is 5.25. The average molecular weight is 378 g/mol. The standard InChI is InChI=1S/C16H16BrN3O3/c1-10(21)15(16(23)19(2)3)20-14(22)9-8-13(18-20)11-4-6-12(17)7-5-11/h4-9,15H,1-3H3/t15-/m0/s1. The summed E-state index contributed by atoms with van der Waals surface area (Å²) in [5, 5.41) is 4.22. The first-order chi connectivity index (χ1) is 10.8. The number of hydrogen-bond acceptors (Lipinski definition) is 4. The van der Waals surface area contributed by atoms with Gasteiger partial charge in [-0.25, -0.2) is 4.68 Å². The number of hydrogen-bond donors (Lipinski definition) is 0. The van der Waals surface area contributed by atoms with Gasteiger partial charge in [0.15, 0.2) is 11.8 Å². The first kappa shape index (κ1) is 17.1. The highest BCUT2D eigenvalue weighted by atomic mass is 79.9. The third-order valence-corrected chi connectivity index (χ3v) is 3.80. The Bertz CT molecular complexity index is 797. The summed E-state index contributed by atoms with van der Waals surface area (Å²) in [7, 11) is 3.06. The molecule has 120 valence electrons. The summed E-state index contributed by atoms with van der Waals surface area (Å²) in [5.74, 6) is -0.925. The van der Waals surface area contributed by atoms with Crippen LogP contribution in [0, 0.1) is 0 Å². The predicted molar refractivity (Wildman–Crippen MR) is 90.0 cm³/mol. The van der Waals surface area contributed by atoms with Crippen LogP contribution in [0.25, 0.3) is 11.3 Å². The number of benzene rings is 1. The van der Waals surface area contributed by atoms with E-state index in [1.54, 1.807) is 6.07 Å². The highest BCUT2D eigenvalue weighted by Gasteiger charge is 2.29. The average Bonchev–Trinajstić information content (AvgIpc) is 2.49. The summed E-state index contributed by atoms with van der Waals surface area (Å²) in [4.78, 5) is 37.5. The Labute approximate surface area is 141 Å². The van der Waals surface area contributed by atoms with Gasteiger partial charge in [0.1, 0.15) is 0 Å². The molecule has 0 aliphatic heterocycles. The van der Waals surface area contributed by atoms with Gasteiger partial charge in [0, 0.05) is 30.2 Å². The van der Waals surface area contributed by atoms with Gasteiger partial charge >= 0.3 is 0 Å². The highest BCUT2D eigenvalue weighted by molar-refractivity contribution is 9.10. The molecule has 1 amide bonds. The van der Waals surface area contributed by atoms with Crippen molar-refractivity contribution in [2.45, 2.75) is 13.0 Å². The molecule has 1 atom stereocenters. The fourth-order valence-corrected chi connectivity index (χ4v) is 2.34. The Morgan fingerprint density at radius 1 is 1.13 bits per heavy atom. The first-order valence-electron chi connectivity index (χ1n) is 6.88. The van der Waals surface area contributed by atoms with Crippen molar-refractivity contribution >= 4 is 27.6 Å². The number of nitrogens with zero attached hydrogens (tertiary/aromatic N) is 3. The number of Topliss-reactive ketones (excluding diaryl/α,β-unsaturated/α-hetero) is 1. The monoisotopic (exact) mass is 377 g/mol. The molecule has 2 rings (SSSR count). The van der Waals surface area contributed by atoms with E-state index in [1.165, 1.54) is 32.0 Å². The number of likely N-dealkylation sites (N-methyl/N-ethyl adjacent to an activating group) is 1. The lowest BCUT2D eigenvalue weighted by Crippen LogP contribution is -2.41. The van der Waals surface area contributed by atoms with Gasteiger partial charge < -0.3 is 4.90 Å². The van der Waals surface area contributed by atoms with E-state index in [0.717, 1.165) is 14.7 Å². The summed E-state index contributed by atoms with van der Waals surface area (Å²) >= 11 is 3.35. The van der Waals surface area contributed by atoms with Gasteiger partial charge in [-0.2, -0.15) is 5.10 Å². The number of carbonyl (C=O) groups is 2. The lowest BCUT2D eigenvalue weighted by Gasteiger charge is -2.19. The SMILES string of the molecule is CC(=O)[C@@H](C(=O)N(C)C)n1nc(-c2ccc(Br)cc2)ccc1=O. The first-order valence-corrected chi connectivity index (χ1v) is 7.68. The molecule has 0 unspecified atom stereocenters. The molecule has 0 saturated carbocycles. The van der Waals surface area contributed by atoms with E-state index >= 15 is 0 Å². The number of rotatable bonds is 4. The molecule has 0 bridgehead atoms. The highest BCUT2D eigenvalue weighted by Crippen LogP contribution is 2.19. The molecule has 0 fully saturated rings. The molecule has 1 heterocycles. The molecule has 6 nitrogen and oxygen atoms in total. The molecule has 1 aromatic heterocycles. The van der Waals surface area contributed by atoms with E-state index in [0.29, 0.717) is 5.69 Å². The summed E-state index contributed by atoms with van der Waals surface area (Å²) in [5.41, 5.74) is 0.790. The van der Waals surface area contributed by atoms with E-state index in [4.69, 9.17) is 0 Å². The van der Waals surface area contributed by atoms with Crippen LogP contribution in [0.15, 0.2) is 45.7 Å². The second-order valence-corrected chi connectivity index (χ2v) is 6.17.